The van der Waals surface area contributed by atoms with Gasteiger partial charge in [0, 0.05) is 48.5 Å². The highest BCUT2D eigenvalue weighted by Gasteiger charge is 2.43. The predicted molar refractivity (Wildman–Crippen MR) is 147 cm³/mol. The molecular weight excluding hydrogens is 540 g/mol. The molecule has 3 aromatic heterocycles. The van der Waals surface area contributed by atoms with Crippen LogP contribution in [0.3, 0.4) is 0 Å². The Morgan fingerprint density at radius 2 is 2.05 bits per heavy atom. The Hall–Kier alpha value is -3.36. The molecule has 2 aliphatic rings. The quantitative estimate of drug-likeness (QED) is 0.390. The topological polar surface area (TPSA) is 140 Å². The van der Waals surface area contributed by atoms with Crippen LogP contribution in [-0.4, -0.2) is 50.9 Å². The summed E-state index contributed by atoms with van der Waals surface area (Å²) < 4.78 is 17.4. The maximum absolute atomic E-state index is 12.4. The van der Waals surface area contributed by atoms with Crippen molar-refractivity contribution in [2.45, 2.75) is 76.9 Å². The summed E-state index contributed by atoms with van der Waals surface area (Å²) in [6.07, 6.45) is 3.46. The van der Waals surface area contributed by atoms with Crippen molar-refractivity contribution in [2.24, 2.45) is 0 Å². The molecule has 0 aromatic carbocycles. The molecule has 12 heteroatoms. The summed E-state index contributed by atoms with van der Waals surface area (Å²) in [4.78, 5) is 24.2. The minimum Gasteiger partial charge on any atom is -0.490 e. The van der Waals surface area contributed by atoms with Crippen molar-refractivity contribution in [3.63, 3.8) is 0 Å². The fourth-order valence-electron chi connectivity index (χ4n) is 5.19. The summed E-state index contributed by atoms with van der Waals surface area (Å²) in [5.74, 6) is 1.23. The van der Waals surface area contributed by atoms with E-state index in [2.05, 4.69) is 21.2 Å². The third-order valence-electron chi connectivity index (χ3n) is 7.04. The number of halogens is 1. The van der Waals surface area contributed by atoms with Crippen LogP contribution in [0.4, 0.5) is 9.80 Å². The van der Waals surface area contributed by atoms with Gasteiger partial charge in [0.25, 0.3) is 0 Å². The Labute approximate surface area is 236 Å². The number of aromatic nitrogens is 3. The maximum Gasteiger partial charge on any atom is 0.410 e. The molecule has 1 amide bonds. The fourth-order valence-corrected chi connectivity index (χ4v) is 6.58. The van der Waals surface area contributed by atoms with Crippen LogP contribution in [-0.2, 0) is 16.6 Å². The normalized spacial score (nSPS) is 19.8. The van der Waals surface area contributed by atoms with Crippen LogP contribution in [0.5, 0.6) is 5.75 Å². The first-order valence-electron chi connectivity index (χ1n) is 13.0. The first-order valence-corrected chi connectivity index (χ1v) is 14.1. The van der Waals surface area contributed by atoms with E-state index in [0.29, 0.717) is 53.8 Å². The largest absolute Gasteiger partial charge is 0.490 e. The average Bonchev–Trinajstić information content (AvgIpc) is 3.49. The number of nitriles is 1. The summed E-state index contributed by atoms with van der Waals surface area (Å²) >= 11 is 7.80. The molecule has 10 nitrogen and oxygen atoms in total. The van der Waals surface area contributed by atoms with E-state index in [4.69, 9.17) is 31.3 Å². The number of nitrogens with two attached hydrogens (primary N) is 1. The van der Waals surface area contributed by atoms with E-state index >= 15 is 0 Å². The lowest BCUT2D eigenvalue weighted by molar-refractivity contribution is 0.0126. The molecule has 39 heavy (non-hydrogen) atoms. The van der Waals surface area contributed by atoms with Gasteiger partial charge in [0.15, 0.2) is 0 Å². The molecule has 5 rings (SSSR count). The summed E-state index contributed by atoms with van der Waals surface area (Å²) in [6, 6.07) is 5.64. The Kier molecular flexibility index (Phi) is 7.20. The smallest absolute Gasteiger partial charge is 0.410 e. The molecule has 0 saturated carbocycles. The Balaban J connectivity index is 1.32. The number of aryl methyl sites for hydroxylation is 1. The van der Waals surface area contributed by atoms with E-state index in [-0.39, 0.29) is 23.2 Å². The van der Waals surface area contributed by atoms with Crippen molar-refractivity contribution in [3.8, 4) is 23.3 Å². The molecule has 3 aromatic rings. The Morgan fingerprint density at radius 1 is 1.31 bits per heavy atom. The van der Waals surface area contributed by atoms with Crippen molar-refractivity contribution in [3.05, 3.63) is 39.2 Å². The van der Waals surface area contributed by atoms with Crippen molar-refractivity contribution >= 4 is 34.0 Å². The minimum absolute atomic E-state index is 0.0937. The van der Waals surface area contributed by atoms with Gasteiger partial charge >= 0.3 is 6.09 Å². The minimum atomic E-state index is -0.627. The highest BCUT2D eigenvalue weighted by molar-refractivity contribution is 7.16. The number of ether oxygens (including phenoxy) is 2. The van der Waals surface area contributed by atoms with E-state index in [9.17, 15) is 10.1 Å². The number of carbonyl (C=O) groups is 1. The second-order valence-electron chi connectivity index (χ2n) is 11.2. The lowest BCUT2D eigenvalue weighted by Crippen LogP contribution is -2.44. The lowest BCUT2D eigenvalue weighted by Gasteiger charge is -2.33. The van der Waals surface area contributed by atoms with Crippen LogP contribution >= 0.6 is 22.9 Å². The van der Waals surface area contributed by atoms with Crippen molar-refractivity contribution in [2.75, 3.05) is 18.8 Å². The SMILES string of the molecule is CC(C)(C)OC(=O)N1CCC(Oc2cc(Cl)nc(-c3noc(C4(C)CCCc5sc(N)c(C#N)c54)n3)c2)CC1. The number of pyridine rings is 1. The number of thiophene rings is 1. The molecule has 1 aliphatic heterocycles. The Morgan fingerprint density at radius 3 is 2.74 bits per heavy atom. The van der Waals surface area contributed by atoms with Gasteiger partial charge in [-0.3, -0.25) is 0 Å². The number of piperidine rings is 1. The third-order valence-corrected chi connectivity index (χ3v) is 8.32. The van der Waals surface area contributed by atoms with Gasteiger partial charge in [0.05, 0.1) is 11.0 Å². The molecule has 2 N–H and O–H groups in total. The molecule has 0 bridgehead atoms. The summed E-state index contributed by atoms with van der Waals surface area (Å²) in [6.45, 7) is 8.65. The number of nitrogens with zero attached hydrogens (tertiary/aromatic N) is 5. The van der Waals surface area contributed by atoms with Crippen LogP contribution in [0.2, 0.25) is 5.15 Å². The van der Waals surface area contributed by atoms with Crippen LogP contribution in [0.15, 0.2) is 16.7 Å². The number of likely N-dealkylation sites (tertiary alicyclic amines) is 1. The zero-order chi connectivity index (χ0) is 27.9. The molecule has 1 saturated heterocycles. The van der Waals surface area contributed by atoms with Gasteiger partial charge in [-0.25, -0.2) is 9.78 Å². The van der Waals surface area contributed by atoms with Crippen LogP contribution in [0.25, 0.3) is 11.5 Å². The van der Waals surface area contributed by atoms with E-state index in [1.54, 1.807) is 17.0 Å². The van der Waals surface area contributed by atoms with Gasteiger partial charge in [0.2, 0.25) is 11.7 Å². The first kappa shape index (κ1) is 27.2. The van der Waals surface area contributed by atoms with E-state index in [1.165, 1.54) is 11.3 Å². The summed E-state index contributed by atoms with van der Waals surface area (Å²) in [5, 5.41) is 14.7. The molecule has 4 heterocycles. The number of anilines is 1. The molecule has 1 aliphatic carbocycles. The standard InChI is InChI=1S/C27H31ClN6O4S/c1-26(2,3)37-25(35)34-10-7-15(8-11-34)36-16-12-18(31-20(28)13-16)23-32-24(38-33-23)27(4)9-5-6-19-21(27)17(14-29)22(30)39-19/h12-13,15H,5-11,30H2,1-4H3. The van der Waals surface area contributed by atoms with Gasteiger partial charge < -0.3 is 24.6 Å². The van der Waals surface area contributed by atoms with Gasteiger partial charge in [-0.1, -0.05) is 16.8 Å². The summed E-state index contributed by atoms with van der Waals surface area (Å²) in [7, 11) is 0. The number of amides is 1. The number of hydrogen-bond donors (Lipinski definition) is 1. The predicted octanol–water partition coefficient (Wildman–Crippen LogP) is 5.72. The highest BCUT2D eigenvalue weighted by Crippen LogP contribution is 2.48. The fraction of sp³-hybridized carbons (Fsp3) is 0.519. The van der Waals surface area contributed by atoms with E-state index < -0.39 is 11.0 Å². The van der Waals surface area contributed by atoms with Gasteiger partial charge in [-0.05, 0) is 47.0 Å². The van der Waals surface area contributed by atoms with Crippen LogP contribution in [0.1, 0.15) is 75.3 Å². The van der Waals surface area contributed by atoms with Gasteiger partial charge in [-0.15, -0.1) is 11.3 Å². The number of nitrogen functional groups attached to an aromatic ring is 1. The number of fused-ring (bicyclic) bond motifs is 1. The molecular formula is C27H31ClN6O4S. The zero-order valence-electron chi connectivity index (χ0n) is 22.4. The molecule has 206 valence electrons. The molecule has 0 spiro atoms. The Bertz CT molecular complexity index is 1430. The maximum atomic E-state index is 12.4. The molecule has 1 fully saturated rings. The van der Waals surface area contributed by atoms with Gasteiger partial charge in [0.1, 0.15) is 39.4 Å². The van der Waals surface area contributed by atoms with Crippen LogP contribution < -0.4 is 10.5 Å². The average molecular weight is 571 g/mol. The second kappa shape index (κ2) is 10.3. The second-order valence-corrected chi connectivity index (χ2v) is 12.7. The summed E-state index contributed by atoms with van der Waals surface area (Å²) in [5.41, 5.74) is 6.79. The molecule has 0 radical (unpaired) electrons. The van der Waals surface area contributed by atoms with Crippen molar-refractivity contribution in [1.29, 1.82) is 5.26 Å². The third kappa shape index (κ3) is 5.54. The van der Waals surface area contributed by atoms with Crippen molar-refractivity contribution in [1.82, 2.24) is 20.0 Å². The van der Waals surface area contributed by atoms with Gasteiger partial charge in [-0.2, -0.15) is 10.2 Å². The number of rotatable bonds is 4. The van der Waals surface area contributed by atoms with Crippen LogP contribution in [0, 0.1) is 11.3 Å². The number of carbonyl (C=O) groups excluding carboxylic acids is 1. The van der Waals surface area contributed by atoms with Crippen molar-refractivity contribution < 1.29 is 18.8 Å². The van der Waals surface area contributed by atoms with E-state index in [1.807, 2.05) is 27.7 Å². The molecule has 1 unspecified atom stereocenters. The zero-order valence-corrected chi connectivity index (χ0v) is 24.0. The van der Waals surface area contributed by atoms with E-state index in [0.717, 1.165) is 29.7 Å². The number of hydrogen-bond acceptors (Lipinski definition) is 10. The first-order chi connectivity index (χ1) is 18.5. The molecule has 1 atom stereocenters. The highest BCUT2D eigenvalue weighted by atomic mass is 35.5. The monoisotopic (exact) mass is 570 g/mol. The lowest BCUT2D eigenvalue weighted by atomic mass is 9.72.